The van der Waals surface area contributed by atoms with Crippen molar-refractivity contribution in [2.75, 3.05) is 16.0 Å². The maximum Gasteiger partial charge on any atom is 0.274 e. The number of hydrogen-bond donors (Lipinski definition) is 3. The van der Waals surface area contributed by atoms with Crippen LogP contribution in [0.2, 0.25) is 0 Å². The Labute approximate surface area is 158 Å². The van der Waals surface area contributed by atoms with Gasteiger partial charge in [0.25, 0.3) is 5.91 Å². The quantitative estimate of drug-likeness (QED) is 0.624. The Kier molecular flexibility index (Phi) is 5.54. The van der Waals surface area contributed by atoms with Gasteiger partial charge in [-0.15, -0.1) is 0 Å². The van der Waals surface area contributed by atoms with Crippen molar-refractivity contribution in [3.05, 3.63) is 72.2 Å². The summed E-state index contributed by atoms with van der Waals surface area (Å²) in [4.78, 5) is 31.4. The van der Waals surface area contributed by atoms with E-state index < -0.39 is 17.5 Å². The zero-order valence-corrected chi connectivity index (χ0v) is 14.7. The molecule has 0 saturated heterocycles. The lowest BCUT2D eigenvalue weighted by atomic mass is 10.2. The number of aromatic nitrogens is 2. The van der Waals surface area contributed by atoms with Gasteiger partial charge < -0.3 is 16.0 Å². The number of carbonyl (C=O) groups excluding carboxylic acids is 2. The molecule has 0 atom stereocenters. The van der Waals surface area contributed by atoms with Crippen LogP contribution in [0.1, 0.15) is 17.4 Å². The first-order chi connectivity index (χ1) is 13.4. The minimum Gasteiger partial charge on any atom is -0.340 e. The van der Waals surface area contributed by atoms with Crippen molar-refractivity contribution in [2.45, 2.75) is 6.92 Å². The van der Waals surface area contributed by atoms with Crippen molar-refractivity contribution in [1.29, 1.82) is 0 Å². The average molecular weight is 383 g/mol. The number of hydrogen-bond acceptors (Lipinski definition) is 5. The molecule has 0 unspecified atom stereocenters. The van der Waals surface area contributed by atoms with Crippen molar-refractivity contribution in [3.63, 3.8) is 0 Å². The molecule has 3 aromatic rings. The van der Waals surface area contributed by atoms with Crippen LogP contribution in [-0.4, -0.2) is 21.8 Å². The Balaban J connectivity index is 1.73. The summed E-state index contributed by atoms with van der Waals surface area (Å²) in [6.07, 6.45) is 1.17. The summed E-state index contributed by atoms with van der Waals surface area (Å²) in [6, 6.07) is 11.3. The first kappa shape index (κ1) is 18.9. The molecule has 0 aliphatic carbocycles. The third-order valence-corrected chi connectivity index (χ3v) is 3.53. The van der Waals surface area contributed by atoms with Crippen LogP contribution in [0, 0.1) is 11.6 Å². The van der Waals surface area contributed by atoms with Crippen LogP contribution in [0.3, 0.4) is 0 Å². The molecule has 28 heavy (non-hydrogen) atoms. The second-order valence-corrected chi connectivity index (χ2v) is 5.76. The molecule has 2 aromatic carbocycles. The normalized spacial score (nSPS) is 10.2. The fourth-order valence-corrected chi connectivity index (χ4v) is 2.34. The smallest absolute Gasteiger partial charge is 0.274 e. The van der Waals surface area contributed by atoms with E-state index >= 15 is 0 Å². The van der Waals surface area contributed by atoms with E-state index in [0.29, 0.717) is 11.4 Å². The summed E-state index contributed by atoms with van der Waals surface area (Å²) in [5.41, 5.74) is 1.33. The van der Waals surface area contributed by atoms with Gasteiger partial charge in [-0.2, -0.15) is 0 Å². The van der Waals surface area contributed by atoms with Crippen LogP contribution in [0.15, 0.2) is 54.9 Å². The third-order valence-electron chi connectivity index (χ3n) is 3.53. The van der Waals surface area contributed by atoms with Crippen molar-refractivity contribution < 1.29 is 18.4 Å². The van der Waals surface area contributed by atoms with Gasteiger partial charge in [0.15, 0.2) is 11.6 Å². The Hall–Kier alpha value is -3.88. The average Bonchev–Trinajstić information content (AvgIpc) is 2.65. The summed E-state index contributed by atoms with van der Waals surface area (Å²) in [5, 5.41) is 8.06. The second kappa shape index (κ2) is 8.21. The molecule has 0 saturated carbocycles. The van der Waals surface area contributed by atoms with Gasteiger partial charge in [-0.1, -0.05) is 6.07 Å². The molecule has 0 fully saturated rings. The van der Waals surface area contributed by atoms with Crippen LogP contribution in [0.25, 0.3) is 0 Å². The number of carbonyl (C=O) groups is 2. The van der Waals surface area contributed by atoms with Crippen LogP contribution < -0.4 is 16.0 Å². The zero-order valence-electron chi connectivity index (χ0n) is 14.7. The fourth-order valence-electron chi connectivity index (χ4n) is 2.34. The predicted octanol–water partition coefficient (Wildman–Crippen LogP) is 3.71. The molecule has 9 heteroatoms. The molecule has 0 aliphatic heterocycles. The predicted molar refractivity (Wildman–Crippen MR) is 100 cm³/mol. The van der Waals surface area contributed by atoms with E-state index in [4.69, 9.17) is 0 Å². The van der Waals surface area contributed by atoms with E-state index in [1.165, 1.54) is 25.4 Å². The largest absolute Gasteiger partial charge is 0.340 e. The van der Waals surface area contributed by atoms with Crippen molar-refractivity contribution in [2.24, 2.45) is 0 Å². The Morgan fingerprint density at radius 2 is 1.61 bits per heavy atom. The van der Waals surface area contributed by atoms with Crippen molar-refractivity contribution in [1.82, 2.24) is 9.97 Å². The molecule has 2 amide bonds. The molecule has 142 valence electrons. The Morgan fingerprint density at radius 1 is 0.857 bits per heavy atom. The Bertz CT molecular complexity index is 1040. The minimum absolute atomic E-state index is 0.0602. The number of nitrogens with one attached hydrogen (secondary N) is 3. The molecule has 7 nitrogen and oxygen atoms in total. The topological polar surface area (TPSA) is 96.0 Å². The summed E-state index contributed by atoms with van der Waals surface area (Å²) in [6.45, 7) is 1.38. The first-order valence-corrected chi connectivity index (χ1v) is 8.14. The molecule has 1 aromatic heterocycles. The molecule has 0 aliphatic rings. The monoisotopic (exact) mass is 383 g/mol. The van der Waals surface area contributed by atoms with Crippen molar-refractivity contribution in [3.8, 4) is 0 Å². The van der Waals surface area contributed by atoms with Gasteiger partial charge in [0.05, 0.1) is 0 Å². The number of anilines is 4. The van der Waals surface area contributed by atoms with Gasteiger partial charge in [-0.3, -0.25) is 9.59 Å². The van der Waals surface area contributed by atoms with Crippen LogP contribution in [-0.2, 0) is 4.79 Å². The van der Waals surface area contributed by atoms with Crippen molar-refractivity contribution >= 4 is 34.7 Å². The lowest BCUT2D eigenvalue weighted by molar-refractivity contribution is -0.114. The van der Waals surface area contributed by atoms with E-state index in [-0.39, 0.29) is 23.1 Å². The first-order valence-electron chi connectivity index (χ1n) is 8.14. The molecular weight excluding hydrogens is 368 g/mol. The lowest BCUT2D eigenvalue weighted by Crippen LogP contribution is -2.14. The highest BCUT2D eigenvalue weighted by Gasteiger charge is 2.11. The fraction of sp³-hybridized carbons (Fsp3) is 0.0526. The minimum atomic E-state index is -1.00. The number of amides is 2. The van der Waals surface area contributed by atoms with Gasteiger partial charge in [-0.05, 0) is 30.3 Å². The third kappa shape index (κ3) is 4.85. The highest BCUT2D eigenvalue weighted by atomic mass is 19.2. The molecule has 1 heterocycles. The molecular formula is C19H15F2N5O2. The van der Waals surface area contributed by atoms with Gasteiger partial charge in [0, 0.05) is 36.1 Å². The van der Waals surface area contributed by atoms with E-state index in [0.717, 1.165) is 12.1 Å². The van der Waals surface area contributed by atoms with Gasteiger partial charge in [0.1, 0.15) is 17.8 Å². The number of nitrogens with zero attached hydrogens (tertiary/aromatic N) is 2. The van der Waals surface area contributed by atoms with Gasteiger partial charge >= 0.3 is 0 Å². The summed E-state index contributed by atoms with van der Waals surface area (Å²) < 4.78 is 26.3. The van der Waals surface area contributed by atoms with Crippen LogP contribution in [0.5, 0.6) is 0 Å². The highest BCUT2D eigenvalue weighted by molar-refractivity contribution is 6.03. The maximum absolute atomic E-state index is 13.3. The van der Waals surface area contributed by atoms with E-state index in [2.05, 4.69) is 25.9 Å². The zero-order chi connectivity index (χ0) is 20.1. The SMILES string of the molecule is CC(=O)Nc1cccc(NC(=O)c2cc(Nc3ccc(F)c(F)c3)ncn2)c1. The standard InChI is InChI=1S/C19H15F2N5O2/c1-11(27)24-12-3-2-4-13(7-12)26-19(28)17-9-18(23-10-22-17)25-14-5-6-15(20)16(21)8-14/h2-10H,1H3,(H,24,27)(H,26,28)(H,22,23,25). The van der Waals surface area contributed by atoms with Crippen LogP contribution in [0.4, 0.5) is 31.7 Å². The highest BCUT2D eigenvalue weighted by Crippen LogP contribution is 2.19. The van der Waals surface area contributed by atoms with Gasteiger partial charge in [-0.25, -0.2) is 18.7 Å². The molecule has 0 bridgehead atoms. The Morgan fingerprint density at radius 3 is 2.32 bits per heavy atom. The molecule has 3 rings (SSSR count). The number of halogens is 2. The molecule has 0 radical (unpaired) electrons. The molecule has 0 spiro atoms. The van der Waals surface area contributed by atoms with Gasteiger partial charge in [0.2, 0.25) is 5.91 Å². The lowest BCUT2D eigenvalue weighted by Gasteiger charge is -2.09. The number of rotatable bonds is 5. The van der Waals surface area contributed by atoms with Crippen LogP contribution >= 0.6 is 0 Å². The molecule has 3 N–H and O–H groups in total. The van der Waals surface area contributed by atoms with E-state index in [9.17, 15) is 18.4 Å². The van der Waals surface area contributed by atoms with E-state index in [1.807, 2.05) is 0 Å². The second-order valence-electron chi connectivity index (χ2n) is 5.76. The summed E-state index contributed by atoms with van der Waals surface area (Å²) >= 11 is 0. The summed E-state index contributed by atoms with van der Waals surface area (Å²) in [5.74, 6) is -2.47. The summed E-state index contributed by atoms with van der Waals surface area (Å²) in [7, 11) is 0. The van der Waals surface area contributed by atoms with E-state index in [1.54, 1.807) is 24.3 Å². The number of benzene rings is 2. The maximum atomic E-state index is 13.3.